The van der Waals surface area contributed by atoms with E-state index in [0.29, 0.717) is 22.8 Å². The molecule has 1 saturated carbocycles. The normalized spacial score (nSPS) is 18.7. The summed E-state index contributed by atoms with van der Waals surface area (Å²) < 4.78 is 41.4. The van der Waals surface area contributed by atoms with Crippen LogP contribution in [0.4, 0.5) is 0 Å². The lowest BCUT2D eigenvalue weighted by Gasteiger charge is -2.41. The lowest BCUT2D eigenvalue weighted by atomic mass is 10.0. The van der Waals surface area contributed by atoms with Crippen LogP contribution in [0.1, 0.15) is 42.5 Å². The Morgan fingerprint density at radius 1 is 0.926 bits per heavy atom. The highest BCUT2D eigenvalue weighted by atomic mass is 32.2. The summed E-state index contributed by atoms with van der Waals surface area (Å²) >= 11 is 0. The van der Waals surface area contributed by atoms with Crippen LogP contribution in [-0.2, 0) is 9.84 Å². The summed E-state index contributed by atoms with van der Waals surface area (Å²) in [6, 6.07) is 3.18. The number of methoxy groups -OCH3 is 3. The van der Waals surface area contributed by atoms with Crippen molar-refractivity contribution in [3.05, 3.63) is 17.7 Å². The number of sulfone groups is 1. The lowest BCUT2D eigenvalue weighted by Crippen LogP contribution is -2.58. The zero-order chi connectivity index (χ0) is 19.6. The number of rotatable bonds is 6. The fraction of sp³-hybridized carbons (Fsp3) is 0.632. The first-order valence-corrected chi connectivity index (χ1v) is 10.8. The third kappa shape index (κ3) is 3.72. The summed E-state index contributed by atoms with van der Waals surface area (Å²) in [5, 5.41) is -0.693. The van der Waals surface area contributed by atoms with E-state index in [2.05, 4.69) is 0 Å². The van der Waals surface area contributed by atoms with Gasteiger partial charge in [-0.1, -0.05) is 19.3 Å². The zero-order valence-corrected chi connectivity index (χ0v) is 16.9. The van der Waals surface area contributed by atoms with Crippen molar-refractivity contribution in [3.8, 4) is 17.2 Å². The Labute approximate surface area is 160 Å². The van der Waals surface area contributed by atoms with Gasteiger partial charge in [-0.3, -0.25) is 4.79 Å². The van der Waals surface area contributed by atoms with Gasteiger partial charge >= 0.3 is 0 Å². The maximum absolute atomic E-state index is 12.8. The fourth-order valence-electron chi connectivity index (χ4n) is 3.86. The van der Waals surface area contributed by atoms with Crippen molar-refractivity contribution in [2.45, 2.75) is 42.6 Å². The monoisotopic (exact) mass is 397 g/mol. The van der Waals surface area contributed by atoms with E-state index in [1.165, 1.54) is 21.3 Å². The zero-order valence-electron chi connectivity index (χ0n) is 16.1. The van der Waals surface area contributed by atoms with Gasteiger partial charge in [-0.05, 0) is 25.0 Å². The van der Waals surface area contributed by atoms with Gasteiger partial charge in [0, 0.05) is 18.7 Å². The Hall–Kier alpha value is -1.96. The molecular weight excluding hydrogens is 370 g/mol. The Morgan fingerprint density at radius 2 is 1.48 bits per heavy atom. The van der Waals surface area contributed by atoms with E-state index in [4.69, 9.17) is 14.2 Å². The minimum absolute atomic E-state index is 0.232. The molecule has 0 aromatic heterocycles. The molecule has 1 amide bonds. The van der Waals surface area contributed by atoms with Crippen molar-refractivity contribution in [1.29, 1.82) is 0 Å². The van der Waals surface area contributed by atoms with Crippen molar-refractivity contribution in [2.24, 2.45) is 0 Å². The van der Waals surface area contributed by atoms with Crippen LogP contribution in [-0.4, -0.2) is 64.1 Å². The molecule has 1 aliphatic heterocycles. The second-order valence-corrected chi connectivity index (χ2v) is 9.61. The number of nitrogens with zero attached hydrogens (tertiary/aromatic N) is 1. The summed E-state index contributed by atoms with van der Waals surface area (Å²) in [4.78, 5) is 14.4. The molecule has 3 rings (SSSR count). The first kappa shape index (κ1) is 19.8. The van der Waals surface area contributed by atoms with Crippen LogP contribution < -0.4 is 14.2 Å². The topological polar surface area (TPSA) is 82.1 Å². The Bertz CT molecular complexity index is 769. The fourth-order valence-corrected chi connectivity index (χ4v) is 6.17. The second-order valence-electron chi connectivity index (χ2n) is 7.10. The Kier molecular flexibility index (Phi) is 5.83. The quantitative estimate of drug-likeness (QED) is 0.732. The highest BCUT2D eigenvalue weighted by molar-refractivity contribution is 7.92. The smallest absolute Gasteiger partial charge is 0.254 e. The summed E-state index contributed by atoms with van der Waals surface area (Å²) in [7, 11) is 1.30. The van der Waals surface area contributed by atoms with Crippen molar-refractivity contribution in [2.75, 3.05) is 34.4 Å². The molecule has 1 aromatic carbocycles. The SMILES string of the molecule is COc1cc(C(=O)N2CC(S(=O)(=O)C3CCCCC3)C2)cc(OC)c1OC. The Morgan fingerprint density at radius 3 is 1.96 bits per heavy atom. The van der Waals surface area contributed by atoms with E-state index < -0.39 is 15.1 Å². The largest absolute Gasteiger partial charge is 0.493 e. The molecule has 0 spiro atoms. The first-order chi connectivity index (χ1) is 12.9. The third-order valence-corrected chi connectivity index (χ3v) is 8.16. The van der Waals surface area contributed by atoms with Gasteiger partial charge in [0.2, 0.25) is 5.75 Å². The molecule has 1 saturated heterocycles. The van der Waals surface area contributed by atoms with Gasteiger partial charge in [0.15, 0.2) is 21.3 Å². The molecule has 8 heteroatoms. The number of ether oxygens (including phenoxy) is 3. The van der Waals surface area contributed by atoms with Crippen LogP contribution in [0.3, 0.4) is 0 Å². The van der Waals surface area contributed by atoms with E-state index in [1.54, 1.807) is 17.0 Å². The summed E-state index contributed by atoms with van der Waals surface area (Å²) in [6.45, 7) is 0.489. The third-order valence-electron chi connectivity index (χ3n) is 5.53. The molecule has 0 atom stereocenters. The average molecular weight is 397 g/mol. The first-order valence-electron chi connectivity index (χ1n) is 9.24. The van der Waals surface area contributed by atoms with Crippen LogP contribution in [0.25, 0.3) is 0 Å². The molecule has 7 nitrogen and oxygen atoms in total. The van der Waals surface area contributed by atoms with Gasteiger partial charge in [0.05, 0.1) is 31.8 Å². The molecule has 2 aliphatic rings. The second kappa shape index (κ2) is 7.96. The van der Waals surface area contributed by atoms with Crippen LogP contribution in [0.15, 0.2) is 12.1 Å². The lowest BCUT2D eigenvalue weighted by molar-refractivity contribution is 0.0657. The number of carbonyl (C=O) groups excluding carboxylic acids is 1. The van der Waals surface area contributed by atoms with E-state index in [-0.39, 0.29) is 24.2 Å². The van der Waals surface area contributed by atoms with Crippen molar-refractivity contribution < 1.29 is 27.4 Å². The van der Waals surface area contributed by atoms with Crippen molar-refractivity contribution >= 4 is 15.7 Å². The number of benzene rings is 1. The predicted molar refractivity (Wildman–Crippen MR) is 102 cm³/mol. The molecular formula is C19H27NO6S. The van der Waals surface area contributed by atoms with Gasteiger partial charge in [-0.15, -0.1) is 0 Å². The number of likely N-dealkylation sites (tertiary alicyclic amines) is 1. The minimum Gasteiger partial charge on any atom is -0.493 e. The number of hydrogen-bond acceptors (Lipinski definition) is 6. The molecule has 0 unspecified atom stereocenters. The highest BCUT2D eigenvalue weighted by Gasteiger charge is 2.44. The van der Waals surface area contributed by atoms with Gasteiger partial charge < -0.3 is 19.1 Å². The molecule has 0 radical (unpaired) electrons. The van der Waals surface area contributed by atoms with Crippen molar-refractivity contribution in [3.63, 3.8) is 0 Å². The predicted octanol–water partition coefficient (Wildman–Crippen LogP) is 2.28. The molecule has 1 aliphatic carbocycles. The minimum atomic E-state index is -3.17. The molecule has 0 bridgehead atoms. The van der Waals surface area contributed by atoms with Gasteiger partial charge in [-0.2, -0.15) is 0 Å². The van der Waals surface area contributed by atoms with E-state index in [9.17, 15) is 13.2 Å². The van der Waals surface area contributed by atoms with Crippen LogP contribution >= 0.6 is 0 Å². The molecule has 2 fully saturated rings. The summed E-state index contributed by atoms with van der Waals surface area (Å²) in [5.41, 5.74) is 0.387. The molecule has 0 N–H and O–H groups in total. The standard InChI is InChI=1S/C19H27NO6S/c1-24-16-9-13(10-17(25-2)18(16)26-3)19(21)20-11-15(12-20)27(22,23)14-7-5-4-6-8-14/h9-10,14-15H,4-8,11-12H2,1-3H3. The van der Waals surface area contributed by atoms with Gasteiger partial charge in [-0.25, -0.2) is 8.42 Å². The summed E-state index contributed by atoms with van der Waals surface area (Å²) in [6.07, 6.45) is 4.57. The number of amides is 1. The molecule has 1 heterocycles. The van der Waals surface area contributed by atoms with Crippen LogP contribution in [0.2, 0.25) is 0 Å². The number of hydrogen-bond donors (Lipinski definition) is 0. The van der Waals surface area contributed by atoms with E-state index in [0.717, 1.165) is 32.1 Å². The molecule has 27 heavy (non-hydrogen) atoms. The highest BCUT2D eigenvalue weighted by Crippen LogP contribution is 2.39. The Balaban J connectivity index is 1.72. The number of carbonyl (C=O) groups is 1. The maximum atomic E-state index is 12.8. The molecule has 1 aromatic rings. The van der Waals surface area contributed by atoms with Crippen molar-refractivity contribution in [1.82, 2.24) is 4.90 Å². The van der Waals surface area contributed by atoms with E-state index in [1.807, 2.05) is 0 Å². The average Bonchev–Trinajstić information content (AvgIpc) is 2.65. The van der Waals surface area contributed by atoms with Crippen LogP contribution in [0.5, 0.6) is 17.2 Å². The maximum Gasteiger partial charge on any atom is 0.254 e. The van der Waals surface area contributed by atoms with Crippen LogP contribution in [0, 0.1) is 0 Å². The summed E-state index contributed by atoms with van der Waals surface area (Å²) in [5.74, 6) is 0.974. The van der Waals surface area contributed by atoms with Gasteiger partial charge in [0.1, 0.15) is 0 Å². The van der Waals surface area contributed by atoms with Gasteiger partial charge in [0.25, 0.3) is 5.91 Å². The van der Waals surface area contributed by atoms with E-state index >= 15 is 0 Å². The molecule has 150 valence electrons.